The second-order valence-electron chi connectivity index (χ2n) is 7.08. The van der Waals surface area contributed by atoms with Crippen LogP contribution in [-0.4, -0.2) is 22.8 Å². The van der Waals surface area contributed by atoms with Crippen LogP contribution < -0.4 is 9.47 Å². The van der Waals surface area contributed by atoms with E-state index in [2.05, 4.69) is 10.0 Å². The molecular weight excluding hydrogens is 438 g/mol. The molecule has 0 radical (unpaired) electrons. The molecule has 0 heterocycles. The standard InChI is InChI=1S/C25H19N3O6/c1-15(29)23(16(2)30)17-3-5-18(6-4-17)24(31)33-21-11-13-22(14-12-21)34-25(32)19-7-9-20(10-8-19)27-28-26/h3-14,29H,1-2H3/b23-15+. The highest BCUT2D eigenvalue weighted by Crippen LogP contribution is 2.22. The molecule has 0 saturated carbocycles. The van der Waals surface area contributed by atoms with Crippen LogP contribution in [0.4, 0.5) is 5.69 Å². The number of esters is 2. The van der Waals surface area contributed by atoms with Crippen LogP contribution in [0, 0.1) is 0 Å². The highest BCUT2D eigenvalue weighted by molar-refractivity contribution is 6.20. The first-order valence-electron chi connectivity index (χ1n) is 9.99. The minimum absolute atomic E-state index is 0.103. The van der Waals surface area contributed by atoms with Crippen molar-refractivity contribution in [1.82, 2.24) is 0 Å². The Morgan fingerprint density at radius 1 is 0.735 bits per heavy atom. The second kappa shape index (κ2) is 10.6. The quantitative estimate of drug-likeness (QED) is 0.0885. The fourth-order valence-electron chi connectivity index (χ4n) is 3.06. The number of ketones is 1. The zero-order valence-electron chi connectivity index (χ0n) is 18.3. The summed E-state index contributed by atoms with van der Waals surface area (Å²) in [6, 6.07) is 17.9. The van der Waals surface area contributed by atoms with Gasteiger partial charge in [-0.2, -0.15) is 0 Å². The molecule has 0 aromatic heterocycles. The molecule has 0 unspecified atom stereocenters. The van der Waals surface area contributed by atoms with E-state index in [0.29, 0.717) is 11.3 Å². The number of hydrogen-bond donors (Lipinski definition) is 1. The smallest absolute Gasteiger partial charge is 0.343 e. The lowest BCUT2D eigenvalue weighted by Crippen LogP contribution is -2.10. The zero-order chi connectivity index (χ0) is 24.7. The fourth-order valence-corrected chi connectivity index (χ4v) is 3.06. The summed E-state index contributed by atoms with van der Waals surface area (Å²) in [5.41, 5.74) is 9.98. The van der Waals surface area contributed by atoms with Crippen LogP contribution in [0.2, 0.25) is 0 Å². The zero-order valence-corrected chi connectivity index (χ0v) is 18.3. The summed E-state index contributed by atoms with van der Waals surface area (Å²) in [4.78, 5) is 39.0. The van der Waals surface area contributed by atoms with E-state index in [1.54, 1.807) is 12.1 Å². The Bertz CT molecular complexity index is 1300. The Labute approximate surface area is 194 Å². The van der Waals surface area contributed by atoms with E-state index in [1.165, 1.54) is 74.5 Å². The van der Waals surface area contributed by atoms with Crippen molar-refractivity contribution in [2.75, 3.05) is 0 Å². The van der Waals surface area contributed by atoms with Crippen LogP contribution in [0.3, 0.4) is 0 Å². The lowest BCUT2D eigenvalue weighted by Gasteiger charge is -2.08. The van der Waals surface area contributed by atoms with E-state index < -0.39 is 11.9 Å². The number of hydrogen-bond acceptors (Lipinski definition) is 7. The Hall–Kier alpha value is -4.88. The molecule has 0 aliphatic heterocycles. The van der Waals surface area contributed by atoms with E-state index in [4.69, 9.17) is 15.0 Å². The monoisotopic (exact) mass is 457 g/mol. The Morgan fingerprint density at radius 2 is 1.15 bits per heavy atom. The molecule has 0 aliphatic rings. The number of azide groups is 1. The van der Waals surface area contributed by atoms with E-state index >= 15 is 0 Å². The Kier molecular flexibility index (Phi) is 7.43. The number of rotatable bonds is 7. The highest BCUT2D eigenvalue weighted by atomic mass is 16.5. The number of Topliss-reactive ketones (excluding diaryl/α,β-unsaturated/α-hetero) is 1. The summed E-state index contributed by atoms with van der Waals surface area (Å²) in [7, 11) is 0. The van der Waals surface area contributed by atoms with Crippen LogP contribution >= 0.6 is 0 Å². The first-order valence-corrected chi connectivity index (χ1v) is 9.99. The van der Waals surface area contributed by atoms with Gasteiger partial charge in [0.25, 0.3) is 0 Å². The van der Waals surface area contributed by atoms with Gasteiger partial charge in [0.05, 0.1) is 16.7 Å². The molecule has 0 aliphatic carbocycles. The van der Waals surface area contributed by atoms with E-state index in [-0.39, 0.29) is 39.7 Å². The van der Waals surface area contributed by atoms with Gasteiger partial charge < -0.3 is 14.6 Å². The van der Waals surface area contributed by atoms with E-state index in [0.717, 1.165) is 0 Å². The summed E-state index contributed by atoms with van der Waals surface area (Å²) >= 11 is 0. The van der Waals surface area contributed by atoms with Crippen molar-refractivity contribution >= 4 is 29.0 Å². The average Bonchev–Trinajstić information content (AvgIpc) is 2.81. The van der Waals surface area contributed by atoms with Gasteiger partial charge >= 0.3 is 11.9 Å². The van der Waals surface area contributed by atoms with E-state index in [1.807, 2.05) is 0 Å². The summed E-state index contributed by atoms with van der Waals surface area (Å²) in [6.45, 7) is 2.77. The molecule has 34 heavy (non-hydrogen) atoms. The van der Waals surface area contributed by atoms with Gasteiger partial charge in [-0.15, -0.1) is 0 Å². The third-order valence-corrected chi connectivity index (χ3v) is 4.63. The van der Waals surface area contributed by atoms with Crippen molar-refractivity contribution < 1.29 is 29.0 Å². The van der Waals surface area contributed by atoms with Gasteiger partial charge in [0.1, 0.15) is 17.3 Å². The maximum absolute atomic E-state index is 12.4. The Morgan fingerprint density at radius 3 is 1.53 bits per heavy atom. The van der Waals surface area contributed by atoms with Crippen molar-refractivity contribution in [2.24, 2.45) is 5.11 Å². The predicted molar refractivity (Wildman–Crippen MR) is 124 cm³/mol. The first kappa shape index (κ1) is 23.8. The van der Waals surface area contributed by atoms with Gasteiger partial charge in [0, 0.05) is 10.6 Å². The number of ether oxygens (including phenoxy) is 2. The first-order chi connectivity index (χ1) is 16.3. The number of allylic oxidation sites excluding steroid dienone is 2. The molecule has 0 spiro atoms. The lowest BCUT2D eigenvalue weighted by molar-refractivity contribution is -0.111. The summed E-state index contributed by atoms with van der Waals surface area (Å²) in [5, 5.41) is 13.1. The maximum atomic E-state index is 12.4. The van der Waals surface area contributed by atoms with Crippen LogP contribution in [0.5, 0.6) is 11.5 Å². The molecule has 9 nitrogen and oxygen atoms in total. The minimum atomic E-state index is -0.620. The summed E-state index contributed by atoms with van der Waals surface area (Å²) < 4.78 is 10.6. The predicted octanol–water partition coefficient (Wildman–Crippen LogP) is 5.94. The molecule has 1 N–H and O–H groups in total. The van der Waals surface area contributed by atoms with Crippen molar-refractivity contribution in [2.45, 2.75) is 13.8 Å². The molecule has 9 heteroatoms. The van der Waals surface area contributed by atoms with Crippen LogP contribution in [-0.2, 0) is 4.79 Å². The van der Waals surface area contributed by atoms with Crippen molar-refractivity contribution in [3.63, 3.8) is 0 Å². The molecule has 0 atom stereocenters. The van der Waals surface area contributed by atoms with Crippen molar-refractivity contribution in [3.05, 3.63) is 106 Å². The fraction of sp³-hybridized carbons (Fsp3) is 0.0800. The number of carbonyl (C=O) groups is 3. The second-order valence-corrected chi connectivity index (χ2v) is 7.08. The van der Waals surface area contributed by atoms with Gasteiger partial charge in [-0.25, -0.2) is 9.59 Å². The molecule has 0 saturated heterocycles. The van der Waals surface area contributed by atoms with E-state index in [9.17, 15) is 19.5 Å². The number of aliphatic hydroxyl groups is 1. The van der Waals surface area contributed by atoms with Gasteiger partial charge in [-0.05, 0) is 73.5 Å². The number of nitrogens with zero attached hydrogens (tertiary/aromatic N) is 3. The third kappa shape index (κ3) is 5.87. The molecule has 3 aromatic carbocycles. The summed E-state index contributed by atoms with van der Waals surface area (Å²) in [5.74, 6) is -1.13. The molecule has 0 bridgehead atoms. The highest BCUT2D eigenvalue weighted by Gasteiger charge is 2.14. The van der Waals surface area contributed by atoms with Crippen LogP contribution in [0.25, 0.3) is 16.0 Å². The topological polar surface area (TPSA) is 139 Å². The SMILES string of the molecule is CC(=O)/C(=C(/C)O)c1ccc(C(=O)Oc2ccc(OC(=O)c3ccc(N=[N+]=[N-])cc3)cc2)cc1. The van der Waals surface area contributed by atoms with Crippen molar-refractivity contribution in [3.8, 4) is 11.5 Å². The number of aliphatic hydroxyl groups excluding tert-OH is 1. The van der Waals surface area contributed by atoms with Crippen molar-refractivity contribution in [1.29, 1.82) is 0 Å². The minimum Gasteiger partial charge on any atom is -0.512 e. The third-order valence-electron chi connectivity index (χ3n) is 4.63. The molecule has 3 rings (SSSR count). The number of benzene rings is 3. The maximum Gasteiger partial charge on any atom is 0.343 e. The normalized spacial score (nSPS) is 11.0. The van der Waals surface area contributed by atoms with Gasteiger partial charge in [-0.1, -0.05) is 29.4 Å². The molecular formula is C25H19N3O6. The molecule has 170 valence electrons. The molecule has 0 fully saturated rings. The largest absolute Gasteiger partial charge is 0.512 e. The van der Waals surface area contributed by atoms with Gasteiger partial charge in [-0.3, -0.25) is 4.79 Å². The number of carbonyl (C=O) groups excluding carboxylic acids is 3. The van der Waals surface area contributed by atoms with Crippen LogP contribution in [0.1, 0.15) is 40.1 Å². The van der Waals surface area contributed by atoms with Crippen LogP contribution in [0.15, 0.2) is 83.7 Å². The Balaban J connectivity index is 1.63. The molecule has 3 aromatic rings. The van der Waals surface area contributed by atoms with Gasteiger partial charge in [0.15, 0.2) is 5.78 Å². The van der Waals surface area contributed by atoms with Gasteiger partial charge in [0.2, 0.25) is 0 Å². The molecule has 0 amide bonds. The lowest BCUT2D eigenvalue weighted by atomic mass is 10.00. The average molecular weight is 457 g/mol. The summed E-state index contributed by atoms with van der Waals surface area (Å²) in [6.07, 6.45) is 0.